The van der Waals surface area contributed by atoms with Crippen molar-refractivity contribution in [3.8, 4) is 0 Å². The van der Waals surface area contributed by atoms with E-state index in [1.54, 1.807) is 0 Å². The molecule has 2 amide bonds. The van der Waals surface area contributed by atoms with E-state index in [0.717, 1.165) is 30.6 Å². The highest BCUT2D eigenvalue weighted by molar-refractivity contribution is 5.86. The summed E-state index contributed by atoms with van der Waals surface area (Å²) in [5, 5.41) is 2.81. The van der Waals surface area contributed by atoms with Gasteiger partial charge in [-0.2, -0.15) is 0 Å². The molecule has 154 valence electrons. The number of alkyl carbamates (subject to hydrolysis) is 1. The first-order valence-electron chi connectivity index (χ1n) is 10.3. The third-order valence-electron chi connectivity index (χ3n) is 5.27. The molecule has 1 N–H and O–H groups in total. The molecule has 5 nitrogen and oxygen atoms in total. The molecule has 1 aliphatic heterocycles. The van der Waals surface area contributed by atoms with Crippen LogP contribution in [0.3, 0.4) is 0 Å². The highest BCUT2D eigenvalue weighted by Gasteiger charge is 2.31. The fourth-order valence-corrected chi connectivity index (χ4v) is 4.02. The molecule has 29 heavy (non-hydrogen) atoms. The van der Waals surface area contributed by atoms with Crippen molar-refractivity contribution in [1.29, 1.82) is 0 Å². The summed E-state index contributed by atoms with van der Waals surface area (Å²) >= 11 is 0. The zero-order valence-corrected chi connectivity index (χ0v) is 17.2. The fourth-order valence-electron chi connectivity index (χ4n) is 4.02. The highest BCUT2D eigenvalue weighted by atomic mass is 16.5. The zero-order valence-electron chi connectivity index (χ0n) is 17.2. The van der Waals surface area contributed by atoms with E-state index in [9.17, 15) is 9.59 Å². The first-order valence-corrected chi connectivity index (χ1v) is 10.3. The second-order valence-electron chi connectivity index (χ2n) is 8.14. The third-order valence-corrected chi connectivity index (χ3v) is 5.27. The highest BCUT2D eigenvalue weighted by Crippen LogP contribution is 2.22. The van der Waals surface area contributed by atoms with Crippen LogP contribution in [0.4, 0.5) is 4.79 Å². The van der Waals surface area contributed by atoms with Crippen molar-refractivity contribution in [1.82, 2.24) is 10.2 Å². The largest absolute Gasteiger partial charge is 0.445 e. The van der Waals surface area contributed by atoms with Gasteiger partial charge in [-0.25, -0.2) is 4.79 Å². The Morgan fingerprint density at radius 1 is 0.966 bits per heavy atom. The molecule has 2 aromatic rings. The molecular weight excluding hydrogens is 364 g/mol. The van der Waals surface area contributed by atoms with Gasteiger partial charge in [-0.05, 0) is 29.4 Å². The second-order valence-corrected chi connectivity index (χ2v) is 8.14. The van der Waals surface area contributed by atoms with Gasteiger partial charge in [-0.1, -0.05) is 74.5 Å². The van der Waals surface area contributed by atoms with Crippen LogP contribution in [0.25, 0.3) is 0 Å². The molecule has 0 radical (unpaired) electrons. The van der Waals surface area contributed by atoms with Gasteiger partial charge >= 0.3 is 6.09 Å². The lowest BCUT2D eigenvalue weighted by Gasteiger charge is -2.37. The molecule has 2 aromatic carbocycles. The Morgan fingerprint density at radius 2 is 1.52 bits per heavy atom. The summed E-state index contributed by atoms with van der Waals surface area (Å²) < 4.78 is 5.36. The lowest BCUT2D eigenvalue weighted by molar-refractivity contribution is -0.136. The van der Waals surface area contributed by atoms with Gasteiger partial charge in [0.1, 0.15) is 12.6 Å². The smallest absolute Gasteiger partial charge is 0.408 e. The van der Waals surface area contributed by atoms with Gasteiger partial charge in [0.05, 0.1) is 0 Å². The minimum atomic E-state index is -0.641. The first kappa shape index (κ1) is 20.9. The molecule has 3 rings (SSSR count). The number of carbonyl (C=O) groups excluding carboxylic acids is 2. The number of hydrogen-bond donors (Lipinski definition) is 1. The van der Waals surface area contributed by atoms with Crippen LogP contribution < -0.4 is 5.32 Å². The number of rotatable bonds is 6. The van der Waals surface area contributed by atoms with Gasteiger partial charge in [0, 0.05) is 19.5 Å². The number of hydrogen-bond acceptors (Lipinski definition) is 3. The van der Waals surface area contributed by atoms with E-state index in [1.807, 2.05) is 65.6 Å². The molecule has 1 aliphatic rings. The predicted octanol–water partition coefficient (Wildman–Crippen LogP) is 4.03. The average Bonchev–Trinajstić information content (AvgIpc) is 2.72. The normalized spacial score (nSPS) is 20.0. The summed E-state index contributed by atoms with van der Waals surface area (Å²) in [6.07, 6.45) is 1.00. The van der Waals surface area contributed by atoms with Gasteiger partial charge in [0.25, 0.3) is 0 Å². The molecule has 0 bridgehead atoms. The van der Waals surface area contributed by atoms with Crippen molar-refractivity contribution in [3.63, 3.8) is 0 Å². The summed E-state index contributed by atoms with van der Waals surface area (Å²) in [4.78, 5) is 27.6. The molecule has 3 unspecified atom stereocenters. The number of benzene rings is 2. The van der Waals surface area contributed by atoms with E-state index in [0.29, 0.717) is 18.3 Å². The lowest BCUT2D eigenvalue weighted by Crippen LogP contribution is -2.53. The van der Waals surface area contributed by atoms with Gasteiger partial charge in [0.2, 0.25) is 5.91 Å². The van der Waals surface area contributed by atoms with Crippen molar-refractivity contribution in [2.75, 3.05) is 13.1 Å². The quantitative estimate of drug-likeness (QED) is 0.805. The monoisotopic (exact) mass is 394 g/mol. The number of nitrogens with one attached hydrogen (secondary N) is 1. The maximum atomic E-state index is 13.3. The van der Waals surface area contributed by atoms with Crippen molar-refractivity contribution in [2.24, 2.45) is 11.8 Å². The van der Waals surface area contributed by atoms with Crippen LogP contribution in [0.1, 0.15) is 31.4 Å². The molecule has 0 spiro atoms. The fraction of sp³-hybridized carbons (Fsp3) is 0.417. The number of carbonyl (C=O) groups is 2. The number of nitrogens with zero attached hydrogens (tertiary/aromatic N) is 1. The summed E-state index contributed by atoms with van der Waals surface area (Å²) in [7, 11) is 0. The number of amides is 2. The third kappa shape index (κ3) is 6.34. The van der Waals surface area contributed by atoms with Crippen molar-refractivity contribution in [3.05, 3.63) is 71.8 Å². The van der Waals surface area contributed by atoms with Crippen LogP contribution in [-0.4, -0.2) is 36.0 Å². The molecule has 1 fully saturated rings. The van der Waals surface area contributed by atoms with Crippen LogP contribution in [-0.2, 0) is 22.6 Å². The predicted molar refractivity (Wildman–Crippen MR) is 113 cm³/mol. The van der Waals surface area contributed by atoms with Gasteiger partial charge in [0.15, 0.2) is 0 Å². The van der Waals surface area contributed by atoms with Crippen LogP contribution in [0.2, 0.25) is 0 Å². The standard InChI is InChI=1S/C24H30N2O3/c1-18-13-19(2)16-26(15-18)23(27)22(14-20-9-5-3-6-10-20)25-24(28)29-17-21-11-7-4-8-12-21/h3-12,18-19,22H,13-17H2,1-2H3,(H,25,28). The topological polar surface area (TPSA) is 58.6 Å². The van der Waals surface area contributed by atoms with Crippen molar-refractivity contribution >= 4 is 12.0 Å². The Labute approximate surface area is 173 Å². The number of piperidine rings is 1. The maximum Gasteiger partial charge on any atom is 0.408 e. The van der Waals surface area contributed by atoms with Crippen LogP contribution >= 0.6 is 0 Å². The van der Waals surface area contributed by atoms with Gasteiger partial charge in [-0.3, -0.25) is 4.79 Å². The molecule has 3 atom stereocenters. The Balaban J connectivity index is 1.66. The van der Waals surface area contributed by atoms with E-state index in [4.69, 9.17) is 4.74 Å². The molecular formula is C24H30N2O3. The molecule has 0 aromatic heterocycles. The minimum absolute atomic E-state index is 0.0380. The molecule has 0 aliphatic carbocycles. The number of likely N-dealkylation sites (tertiary alicyclic amines) is 1. The summed E-state index contributed by atoms with van der Waals surface area (Å²) in [5.74, 6) is 0.888. The first-order chi connectivity index (χ1) is 14.0. The van der Waals surface area contributed by atoms with Gasteiger partial charge in [-0.15, -0.1) is 0 Å². The number of ether oxygens (including phenoxy) is 1. The molecule has 1 heterocycles. The van der Waals surface area contributed by atoms with Crippen LogP contribution in [0.5, 0.6) is 0 Å². The second kappa shape index (κ2) is 10.1. The van der Waals surface area contributed by atoms with E-state index in [2.05, 4.69) is 19.2 Å². The Kier molecular flexibility index (Phi) is 7.28. The van der Waals surface area contributed by atoms with Crippen LogP contribution in [0.15, 0.2) is 60.7 Å². The van der Waals surface area contributed by atoms with E-state index in [1.165, 1.54) is 0 Å². The van der Waals surface area contributed by atoms with Crippen molar-refractivity contribution < 1.29 is 14.3 Å². The molecule has 5 heteroatoms. The van der Waals surface area contributed by atoms with E-state index >= 15 is 0 Å². The van der Waals surface area contributed by atoms with Crippen molar-refractivity contribution in [2.45, 2.75) is 39.3 Å². The molecule has 1 saturated heterocycles. The van der Waals surface area contributed by atoms with Crippen LogP contribution in [0, 0.1) is 11.8 Å². The average molecular weight is 395 g/mol. The zero-order chi connectivity index (χ0) is 20.6. The maximum absolute atomic E-state index is 13.3. The van der Waals surface area contributed by atoms with Gasteiger partial charge < -0.3 is 15.0 Å². The minimum Gasteiger partial charge on any atom is -0.445 e. The van der Waals surface area contributed by atoms with E-state index < -0.39 is 12.1 Å². The lowest BCUT2D eigenvalue weighted by atomic mass is 9.91. The Morgan fingerprint density at radius 3 is 2.10 bits per heavy atom. The molecule has 0 saturated carbocycles. The Bertz CT molecular complexity index is 784. The Hall–Kier alpha value is -2.82. The SMILES string of the molecule is CC1CC(C)CN(C(=O)C(Cc2ccccc2)NC(=O)OCc2ccccc2)C1. The summed E-state index contributed by atoms with van der Waals surface area (Å²) in [5.41, 5.74) is 1.92. The summed E-state index contributed by atoms with van der Waals surface area (Å²) in [6.45, 7) is 5.98. The van der Waals surface area contributed by atoms with E-state index in [-0.39, 0.29) is 12.5 Å². The summed E-state index contributed by atoms with van der Waals surface area (Å²) in [6, 6.07) is 18.6.